The maximum atomic E-state index is 13.2. The van der Waals surface area contributed by atoms with Gasteiger partial charge in [-0.1, -0.05) is 23.9 Å². The Hall–Kier alpha value is -1.99. The van der Waals surface area contributed by atoms with Gasteiger partial charge in [-0.15, -0.1) is 11.3 Å². The van der Waals surface area contributed by atoms with E-state index in [2.05, 4.69) is 23.8 Å². The van der Waals surface area contributed by atoms with E-state index in [1.54, 1.807) is 29.8 Å². The van der Waals surface area contributed by atoms with Crippen LogP contribution in [0.3, 0.4) is 0 Å². The van der Waals surface area contributed by atoms with Gasteiger partial charge < -0.3 is 4.90 Å². The molecule has 0 bridgehead atoms. The summed E-state index contributed by atoms with van der Waals surface area (Å²) in [5, 5.41) is 0.828. The summed E-state index contributed by atoms with van der Waals surface area (Å²) in [6.07, 6.45) is 4.88. The maximum Gasteiger partial charge on any atom is 0.233 e. The molecule has 0 unspecified atom stereocenters. The van der Waals surface area contributed by atoms with Crippen LogP contribution in [0.15, 0.2) is 41.7 Å². The normalized spacial score (nSPS) is 19.9. The third-order valence-electron chi connectivity index (χ3n) is 5.22. The molecule has 4 rings (SSSR count). The third kappa shape index (κ3) is 3.91. The van der Waals surface area contributed by atoms with Crippen LogP contribution in [0.1, 0.15) is 33.1 Å². The van der Waals surface area contributed by atoms with E-state index in [1.807, 2.05) is 11.0 Å². The van der Waals surface area contributed by atoms with Crippen LogP contribution in [0.25, 0.3) is 20.7 Å². The number of amides is 1. The highest BCUT2D eigenvalue weighted by Gasteiger charge is 2.28. The molecule has 0 radical (unpaired) electrons. The molecule has 1 amide bonds. The number of piperidine rings is 1. The number of likely N-dealkylation sites (tertiary alicyclic amines) is 1. The maximum absolute atomic E-state index is 13.2. The van der Waals surface area contributed by atoms with Crippen LogP contribution >= 0.6 is 23.1 Å². The van der Waals surface area contributed by atoms with E-state index >= 15 is 0 Å². The number of nitrogens with zero attached hydrogens (tertiary/aromatic N) is 3. The van der Waals surface area contributed by atoms with E-state index in [4.69, 9.17) is 0 Å². The topological polar surface area (TPSA) is 46.1 Å². The molecule has 1 aromatic carbocycles. The van der Waals surface area contributed by atoms with Crippen LogP contribution in [-0.2, 0) is 4.79 Å². The van der Waals surface area contributed by atoms with Crippen LogP contribution < -0.4 is 0 Å². The summed E-state index contributed by atoms with van der Waals surface area (Å²) >= 11 is 3.05. The average Bonchev–Trinajstić information content (AvgIpc) is 3.11. The molecule has 0 saturated carbocycles. The van der Waals surface area contributed by atoms with Gasteiger partial charge in [-0.05, 0) is 56.9 Å². The van der Waals surface area contributed by atoms with Crippen molar-refractivity contribution in [3.05, 3.63) is 42.5 Å². The van der Waals surface area contributed by atoms with Crippen LogP contribution in [0, 0.1) is 5.82 Å². The third-order valence-corrected chi connectivity index (χ3v) is 7.50. The number of benzene rings is 1. The van der Waals surface area contributed by atoms with E-state index in [0.717, 1.165) is 38.5 Å². The zero-order valence-corrected chi connectivity index (χ0v) is 17.5. The molecule has 2 aromatic heterocycles. The van der Waals surface area contributed by atoms with Crippen molar-refractivity contribution in [3.63, 3.8) is 0 Å². The molecule has 0 N–H and O–H groups in total. The van der Waals surface area contributed by atoms with Crippen LogP contribution in [0.5, 0.6) is 0 Å². The van der Waals surface area contributed by atoms with Crippen molar-refractivity contribution >= 4 is 39.2 Å². The molecule has 0 aliphatic carbocycles. The molecule has 3 heterocycles. The molecule has 2 atom stereocenters. The first kappa shape index (κ1) is 19.3. The fraction of sp³-hybridized carbons (Fsp3) is 0.381. The Labute approximate surface area is 172 Å². The second kappa shape index (κ2) is 8.17. The van der Waals surface area contributed by atoms with E-state index in [1.165, 1.54) is 30.3 Å². The number of fused-ring (bicyclic) bond motifs is 1. The second-order valence-corrected chi connectivity index (χ2v) is 9.25. The fourth-order valence-corrected chi connectivity index (χ4v) is 5.88. The van der Waals surface area contributed by atoms with Crippen LogP contribution in [0.2, 0.25) is 0 Å². The Morgan fingerprint density at radius 1 is 1.21 bits per heavy atom. The lowest BCUT2D eigenvalue weighted by atomic mass is 9.98. The second-order valence-electron chi connectivity index (χ2n) is 7.23. The van der Waals surface area contributed by atoms with Crippen LogP contribution in [0.4, 0.5) is 4.39 Å². The largest absolute Gasteiger partial charge is 0.337 e. The summed E-state index contributed by atoms with van der Waals surface area (Å²) in [6.45, 7) is 4.27. The average molecular weight is 416 g/mol. The first-order valence-electron chi connectivity index (χ1n) is 9.47. The summed E-state index contributed by atoms with van der Waals surface area (Å²) in [5.74, 6) is 0.303. The Kier molecular flexibility index (Phi) is 5.64. The molecule has 0 spiro atoms. The molecular weight excluding hydrogens is 393 g/mol. The number of aromatic nitrogens is 2. The van der Waals surface area contributed by atoms with Crippen molar-refractivity contribution in [2.45, 2.75) is 50.2 Å². The number of halogens is 1. The summed E-state index contributed by atoms with van der Waals surface area (Å²) in [5.41, 5.74) is 1.81. The molecule has 28 heavy (non-hydrogen) atoms. The molecule has 146 valence electrons. The van der Waals surface area contributed by atoms with Crippen molar-refractivity contribution in [3.8, 4) is 10.4 Å². The quantitative estimate of drug-likeness (QED) is 0.424. The zero-order valence-electron chi connectivity index (χ0n) is 15.9. The van der Waals surface area contributed by atoms with E-state index in [0.29, 0.717) is 17.8 Å². The number of hydrogen-bond donors (Lipinski definition) is 0. The monoisotopic (exact) mass is 415 g/mol. The van der Waals surface area contributed by atoms with E-state index in [-0.39, 0.29) is 11.7 Å². The van der Waals surface area contributed by atoms with Crippen molar-refractivity contribution in [2.24, 2.45) is 0 Å². The molecule has 7 heteroatoms. The van der Waals surface area contributed by atoms with Gasteiger partial charge >= 0.3 is 0 Å². The summed E-state index contributed by atoms with van der Waals surface area (Å²) in [6, 6.07) is 9.05. The van der Waals surface area contributed by atoms with Gasteiger partial charge in [0.2, 0.25) is 5.91 Å². The Morgan fingerprint density at radius 2 is 1.93 bits per heavy atom. The number of rotatable bonds is 4. The van der Waals surface area contributed by atoms with Gasteiger partial charge in [-0.3, -0.25) is 4.79 Å². The van der Waals surface area contributed by atoms with Crippen LogP contribution in [-0.4, -0.2) is 38.6 Å². The lowest BCUT2D eigenvalue weighted by Gasteiger charge is -2.39. The van der Waals surface area contributed by atoms with Gasteiger partial charge in [0, 0.05) is 17.0 Å². The number of carbonyl (C=O) groups is 1. The smallest absolute Gasteiger partial charge is 0.233 e. The number of thioether (sulfide) groups is 1. The highest BCUT2D eigenvalue weighted by Crippen LogP contribution is 2.37. The van der Waals surface area contributed by atoms with Crippen molar-refractivity contribution in [1.29, 1.82) is 0 Å². The predicted molar refractivity (Wildman–Crippen MR) is 113 cm³/mol. The van der Waals surface area contributed by atoms with Gasteiger partial charge in [-0.2, -0.15) is 0 Å². The molecule has 1 fully saturated rings. The van der Waals surface area contributed by atoms with E-state index in [9.17, 15) is 9.18 Å². The Morgan fingerprint density at radius 3 is 2.64 bits per heavy atom. The first-order valence-corrected chi connectivity index (χ1v) is 11.3. The minimum Gasteiger partial charge on any atom is -0.337 e. The molecule has 4 nitrogen and oxygen atoms in total. The van der Waals surface area contributed by atoms with Gasteiger partial charge in [0.15, 0.2) is 0 Å². The summed E-state index contributed by atoms with van der Waals surface area (Å²) < 4.78 is 14.2. The van der Waals surface area contributed by atoms with Crippen molar-refractivity contribution in [2.75, 3.05) is 5.75 Å². The standard InChI is InChI=1S/C21H22FN3OS2/c1-13-4-3-5-14(2)25(13)19(26)11-27-21-20-17(23-12-24-21)10-18(28-20)15-6-8-16(22)9-7-15/h6-10,12-14H,3-5,11H2,1-2H3/t13-,14+. The number of hydrogen-bond acceptors (Lipinski definition) is 5. The van der Waals surface area contributed by atoms with Crippen molar-refractivity contribution in [1.82, 2.24) is 14.9 Å². The zero-order chi connectivity index (χ0) is 19.7. The lowest BCUT2D eigenvalue weighted by Crippen LogP contribution is -2.48. The van der Waals surface area contributed by atoms with Gasteiger partial charge in [0.05, 0.1) is 16.0 Å². The minimum atomic E-state index is -0.249. The van der Waals surface area contributed by atoms with Crippen molar-refractivity contribution < 1.29 is 9.18 Å². The predicted octanol–water partition coefficient (Wildman–Crippen LogP) is 5.38. The van der Waals surface area contributed by atoms with Gasteiger partial charge in [0.25, 0.3) is 0 Å². The van der Waals surface area contributed by atoms with E-state index < -0.39 is 0 Å². The first-order chi connectivity index (χ1) is 13.5. The molecule has 1 aliphatic heterocycles. The molecule has 1 aliphatic rings. The highest BCUT2D eigenvalue weighted by atomic mass is 32.2. The lowest BCUT2D eigenvalue weighted by molar-refractivity contribution is -0.134. The molecular formula is C21H22FN3OS2. The Bertz CT molecular complexity index is 979. The highest BCUT2D eigenvalue weighted by molar-refractivity contribution is 8.00. The molecule has 1 saturated heterocycles. The van der Waals surface area contributed by atoms with Gasteiger partial charge in [0.1, 0.15) is 17.2 Å². The van der Waals surface area contributed by atoms with Gasteiger partial charge in [-0.25, -0.2) is 14.4 Å². The number of carbonyl (C=O) groups excluding carboxylic acids is 1. The number of thiophene rings is 1. The summed E-state index contributed by atoms with van der Waals surface area (Å²) in [7, 11) is 0. The summed E-state index contributed by atoms with van der Waals surface area (Å²) in [4.78, 5) is 24.6. The molecule has 3 aromatic rings. The fourth-order valence-electron chi connectivity index (χ4n) is 3.81. The SMILES string of the molecule is C[C@@H]1CCC[C@H](C)N1C(=O)CSc1ncnc2cc(-c3ccc(F)cc3)sc12. The minimum absolute atomic E-state index is 0.173. The Balaban J connectivity index is 1.54.